The minimum atomic E-state index is -0.590. The van der Waals surface area contributed by atoms with Gasteiger partial charge in [0.1, 0.15) is 18.0 Å². The topological polar surface area (TPSA) is 78.3 Å². The lowest BCUT2D eigenvalue weighted by Crippen LogP contribution is -2.37. The standard InChI is InChI=1S/C15H16N4O3/c1-9-12(14(20)22-3)13(19-15(18-9)16-8-17-19)10-4-6-11(21-2)7-5-10/h4-8,12-13H,1H2,2-3H3,(H,16,17,18). The molecule has 22 heavy (non-hydrogen) atoms. The predicted octanol–water partition coefficient (Wildman–Crippen LogP) is 1.60. The van der Waals surface area contributed by atoms with Gasteiger partial charge in [0.25, 0.3) is 0 Å². The molecule has 2 unspecified atom stereocenters. The summed E-state index contributed by atoms with van der Waals surface area (Å²) in [4.78, 5) is 16.3. The second-order valence-corrected chi connectivity index (χ2v) is 4.90. The first-order chi connectivity index (χ1) is 10.7. The van der Waals surface area contributed by atoms with Crippen molar-refractivity contribution in [1.29, 1.82) is 0 Å². The van der Waals surface area contributed by atoms with Crippen LogP contribution in [0.15, 0.2) is 42.9 Å². The molecular formula is C15H16N4O3. The average molecular weight is 300 g/mol. The maximum Gasteiger partial charge on any atom is 0.317 e. The first-order valence-corrected chi connectivity index (χ1v) is 6.72. The Morgan fingerprint density at radius 1 is 1.32 bits per heavy atom. The van der Waals surface area contributed by atoms with Crippen LogP contribution >= 0.6 is 0 Å². The van der Waals surface area contributed by atoms with E-state index in [1.165, 1.54) is 13.4 Å². The first-order valence-electron chi connectivity index (χ1n) is 6.72. The molecule has 0 saturated heterocycles. The number of hydrogen-bond acceptors (Lipinski definition) is 6. The van der Waals surface area contributed by atoms with Gasteiger partial charge < -0.3 is 14.8 Å². The van der Waals surface area contributed by atoms with Crippen LogP contribution in [-0.2, 0) is 9.53 Å². The molecule has 2 aromatic rings. The number of ether oxygens (including phenoxy) is 2. The van der Waals surface area contributed by atoms with Crippen LogP contribution in [0.2, 0.25) is 0 Å². The number of methoxy groups -OCH3 is 2. The van der Waals surface area contributed by atoms with Gasteiger partial charge in [-0.1, -0.05) is 18.7 Å². The van der Waals surface area contributed by atoms with E-state index in [9.17, 15) is 4.79 Å². The number of carbonyl (C=O) groups is 1. The van der Waals surface area contributed by atoms with Gasteiger partial charge in [0.05, 0.1) is 20.3 Å². The molecule has 2 heterocycles. The quantitative estimate of drug-likeness (QED) is 0.868. The van der Waals surface area contributed by atoms with Crippen molar-refractivity contribution in [2.24, 2.45) is 5.92 Å². The number of nitrogens with zero attached hydrogens (tertiary/aromatic N) is 3. The Labute approximate surface area is 127 Å². The first kappa shape index (κ1) is 14.1. The zero-order valence-electron chi connectivity index (χ0n) is 12.3. The highest BCUT2D eigenvalue weighted by Gasteiger charge is 2.40. The normalized spacial score (nSPS) is 20.0. The molecule has 7 nitrogen and oxygen atoms in total. The summed E-state index contributed by atoms with van der Waals surface area (Å²) in [5.41, 5.74) is 1.43. The lowest BCUT2D eigenvalue weighted by atomic mass is 9.89. The largest absolute Gasteiger partial charge is 0.497 e. The van der Waals surface area contributed by atoms with Gasteiger partial charge in [0.2, 0.25) is 5.95 Å². The lowest BCUT2D eigenvalue weighted by molar-refractivity contribution is -0.145. The number of nitrogens with one attached hydrogen (secondary N) is 1. The third-order valence-corrected chi connectivity index (χ3v) is 3.71. The van der Waals surface area contributed by atoms with Crippen LogP contribution in [0.25, 0.3) is 0 Å². The molecule has 0 aliphatic carbocycles. The van der Waals surface area contributed by atoms with Gasteiger partial charge in [0, 0.05) is 5.70 Å². The summed E-state index contributed by atoms with van der Waals surface area (Å²) >= 11 is 0. The van der Waals surface area contributed by atoms with Gasteiger partial charge >= 0.3 is 5.97 Å². The Balaban J connectivity index is 2.10. The highest BCUT2D eigenvalue weighted by molar-refractivity contribution is 5.78. The van der Waals surface area contributed by atoms with Gasteiger partial charge in [-0.15, -0.1) is 0 Å². The summed E-state index contributed by atoms with van der Waals surface area (Å²) in [6.45, 7) is 3.93. The van der Waals surface area contributed by atoms with Gasteiger partial charge in [-0.2, -0.15) is 10.1 Å². The van der Waals surface area contributed by atoms with E-state index in [0.29, 0.717) is 11.6 Å². The lowest BCUT2D eigenvalue weighted by Gasteiger charge is -2.32. The maximum absolute atomic E-state index is 12.2. The molecule has 0 saturated carbocycles. The van der Waals surface area contributed by atoms with Crippen molar-refractivity contribution in [3.8, 4) is 5.75 Å². The second-order valence-electron chi connectivity index (χ2n) is 4.90. The van der Waals surface area contributed by atoms with Crippen LogP contribution in [0, 0.1) is 5.92 Å². The Morgan fingerprint density at radius 3 is 2.68 bits per heavy atom. The molecule has 0 fully saturated rings. The molecule has 0 radical (unpaired) electrons. The fraction of sp³-hybridized carbons (Fsp3) is 0.267. The summed E-state index contributed by atoms with van der Waals surface area (Å²) < 4.78 is 11.8. The molecule has 0 spiro atoms. The SMILES string of the molecule is C=C1Nc2ncnn2C(c2ccc(OC)cc2)C1C(=O)OC. The van der Waals surface area contributed by atoms with E-state index < -0.39 is 5.92 Å². The molecule has 3 rings (SSSR count). The van der Waals surface area contributed by atoms with Crippen LogP contribution in [0.5, 0.6) is 5.75 Å². The molecule has 1 aromatic heterocycles. The summed E-state index contributed by atoms with van der Waals surface area (Å²) in [6.07, 6.45) is 1.44. The smallest absolute Gasteiger partial charge is 0.317 e. The molecule has 1 N–H and O–H groups in total. The molecule has 1 aromatic carbocycles. The van der Waals surface area contributed by atoms with Crippen LogP contribution in [0.1, 0.15) is 11.6 Å². The minimum absolute atomic E-state index is 0.371. The number of rotatable bonds is 3. The van der Waals surface area contributed by atoms with Crippen molar-refractivity contribution in [2.75, 3.05) is 19.5 Å². The van der Waals surface area contributed by atoms with E-state index in [4.69, 9.17) is 9.47 Å². The Kier molecular flexibility index (Phi) is 3.54. The van der Waals surface area contributed by atoms with Gasteiger partial charge in [-0.05, 0) is 17.7 Å². The predicted molar refractivity (Wildman–Crippen MR) is 79.4 cm³/mol. The second kappa shape index (κ2) is 5.51. The number of anilines is 1. The average Bonchev–Trinajstić information content (AvgIpc) is 3.00. The fourth-order valence-electron chi connectivity index (χ4n) is 2.63. The number of hydrogen-bond donors (Lipinski definition) is 1. The Morgan fingerprint density at radius 2 is 2.05 bits per heavy atom. The number of fused-ring (bicyclic) bond motifs is 1. The summed E-state index contributed by atoms with van der Waals surface area (Å²) in [5.74, 6) is 0.322. The van der Waals surface area contributed by atoms with Crippen molar-refractivity contribution in [2.45, 2.75) is 6.04 Å². The van der Waals surface area contributed by atoms with Crippen LogP contribution in [-0.4, -0.2) is 35.0 Å². The summed E-state index contributed by atoms with van der Waals surface area (Å²) in [6, 6.07) is 7.09. The number of esters is 1. The fourth-order valence-corrected chi connectivity index (χ4v) is 2.63. The zero-order valence-corrected chi connectivity index (χ0v) is 12.3. The van der Waals surface area contributed by atoms with Gasteiger partial charge in [-0.25, -0.2) is 4.68 Å². The van der Waals surface area contributed by atoms with Crippen molar-refractivity contribution < 1.29 is 14.3 Å². The summed E-state index contributed by atoms with van der Waals surface area (Å²) in [5, 5.41) is 7.22. The third kappa shape index (κ3) is 2.20. The van der Waals surface area contributed by atoms with E-state index in [1.54, 1.807) is 11.8 Å². The molecule has 0 amide bonds. The van der Waals surface area contributed by atoms with E-state index in [-0.39, 0.29) is 12.0 Å². The summed E-state index contributed by atoms with van der Waals surface area (Å²) in [7, 11) is 2.96. The van der Waals surface area contributed by atoms with E-state index in [1.807, 2.05) is 24.3 Å². The molecule has 2 atom stereocenters. The monoisotopic (exact) mass is 300 g/mol. The Bertz CT molecular complexity index is 708. The molecule has 1 aliphatic heterocycles. The van der Waals surface area contributed by atoms with Crippen molar-refractivity contribution in [3.63, 3.8) is 0 Å². The van der Waals surface area contributed by atoms with Crippen LogP contribution in [0.3, 0.4) is 0 Å². The van der Waals surface area contributed by atoms with Crippen molar-refractivity contribution in [1.82, 2.24) is 14.8 Å². The molecule has 1 aliphatic rings. The molecule has 0 bridgehead atoms. The van der Waals surface area contributed by atoms with Gasteiger partial charge in [0.15, 0.2) is 0 Å². The highest BCUT2D eigenvalue weighted by atomic mass is 16.5. The van der Waals surface area contributed by atoms with E-state index in [2.05, 4.69) is 22.0 Å². The van der Waals surface area contributed by atoms with E-state index >= 15 is 0 Å². The molecule has 7 heteroatoms. The van der Waals surface area contributed by atoms with Crippen LogP contribution in [0.4, 0.5) is 5.95 Å². The van der Waals surface area contributed by atoms with E-state index in [0.717, 1.165) is 11.3 Å². The number of aromatic nitrogens is 3. The van der Waals surface area contributed by atoms with Gasteiger partial charge in [-0.3, -0.25) is 4.79 Å². The minimum Gasteiger partial charge on any atom is -0.497 e. The Hall–Kier alpha value is -2.83. The highest BCUT2D eigenvalue weighted by Crippen LogP contribution is 2.37. The van der Waals surface area contributed by atoms with Crippen molar-refractivity contribution in [3.05, 3.63) is 48.4 Å². The zero-order chi connectivity index (χ0) is 15.7. The number of carbonyl (C=O) groups excluding carboxylic acids is 1. The maximum atomic E-state index is 12.2. The van der Waals surface area contributed by atoms with Crippen molar-refractivity contribution >= 4 is 11.9 Å². The van der Waals surface area contributed by atoms with Crippen LogP contribution < -0.4 is 10.1 Å². The molecular weight excluding hydrogens is 284 g/mol. The third-order valence-electron chi connectivity index (χ3n) is 3.71. The molecule has 114 valence electrons. The number of benzene rings is 1.